The van der Waals surface area contributed by atoms with E-state index in [1.807, 2.05) is 6.92 Å². The molecule has 0 heterocycles. The molecule has 0 saturated carbocycles. The van der Waals surface area contributed by atoms with Gasteiger partial charge in [0.15, 0.2) is 0 Å². The summed E-state index contributed by atoms with van der Waals surface area (Å²) in [5.74, 6) is 0. The van der Waals surface area contributed by atoms with Crippen LogP contribution in [0.2, 0.25) is 0 Å². The van der Waals surface area contributed by atoms with Crippen LogP contribution in [0.1, 0.15) is 6.92 Å². The smallest absolute Gasteiger partial charge is 2.00 e. The van der Waals surface area contributed by atoms with Crippen molar-refractivity contribution in [2.24, 2.45) is 0 Å². The molecule has 0 aromatic carbocycles. The Balaban J connectivity index is -0.00000000667. The van der Waals surface area contributed by atoms with Gasteiger partial charge in [0.2, 0.25) is 0 Å². The van der Waals surface area contributed by atoms with Crippen LogP contribution in [0.25, 0.3) is 0 Å². The third-order valence-electron chi connectivity index (χ3n) is 0. The quantitative estimate of drug-likeness (QED) is 0.339. The predicted molar refractivity (Wildman–Crippen MR) is 17.2 cm³/mol. The van der Waals surface area contributed by atoms with Crippen molar-refractivity contribution in [2.45, 2.75) is 6.92 Å². The zero-order valence-electron chi connectivity index (χ0n) is 3.60. The van der Waals surface area contributed by atoms with Crippen molar-refractivity contribution in [1.82, 2.24) is 0 Å². The molecule has 0 aliphatic carbocycles. The molecule has 3 heteroatoms. The van der Waals surface area contributed by atoms with Gasteiger partial charge in [0.1, 0.15) is 0 Å². The molecular formula is C3H6O2Ti. The Kier molecular flexibility index (Phi) is 296. The molecule has 0 N–H and O–H groups in total. The predicted octanol–water partition coefficient (Wildman–Crippen LogP) is 0.952. The first-order valence-electron chi connectivity index (χ1n) is 0.986. The van der Waals surface area contributed by atoms with Crippen LogP contribution in [0.15, 0.2) is 12.7 Å². The van der Waals surface area contributed by atoms with E-state index in [4.69, 9.17) is 0 Å². The third-order valence-corrected chi connectivity index (χ3v) is 0. The van der Waals surface area contributed by atoms with Crippen LogP contribution in [-0.4, -0.2) is 0 Å². The Morgan fingerprint density at radius 2 is 1.33 bits per heavy atom. The first kappa shape index (κ1) is 32.7. The van der Waals surface area contributed by atoms with Gasteiger partial charge in [-0.1, -0.05) is 6.08 Å². The van der Waals surface area contributed by atoms with E-state index in [1.54, 1.807) is 6.08 Å². The molecule has 0 aliphatic heterocycles. The first-order valence-corrected chi connectivity index (χ1v) is 0.986. The van der Waals surface area contributed by atoms with Crippen molar-refractivity contribution in [3.8, 4) is 0 Å². The zero-order valence-corrected chi connectivity index (χ0v) is 5.16. The van der Waals surface area contributed by atoms with Crippen molar-refractivity contribution in [3.63, 3.8) is 0 Å². The molecule has 0 spiro atoms. The van der Waals surface area contributed by atoms with Gasteiger partial charge < -0.3 is 11.0 Å². The average molecular weight is 122 g/mol. The summed E-state index contributed by atoms with van der Waals surface area (Å²) in [6, 6.07) is 0. The summed E-state index contributed by atoms with van der Waals surface area (Å²) in [5, 5.41) is 0. The van der Waals surface area contributed by atoms with E-state index >= 15 is 0 Å². The number of allylic oxidation sites excluding steroid dienone is 1. The Labute approximate surface area is 52.7 Å². The van der Waals surface area contributed by atoms with Gasteiger partial charge >= 0.3 is 21.7 Å². The summed E-state index contributed by atoms with van der Waals surface area (Å²) < 4.78 is 0. The molecule has 0 aromatic rings. The molecule has 0 rings (SSSR count). The van der Waals surface area contributed by atoms with Crippen molar-refractivity contribution < 1.29 is 32.7 Å². The Morgan fingerprint density at radius 3 is 1.33 bits per heavy atom. The second-order valence-corrected chi connectivity index (χ2v) is 0.408. The van der Waals surface area contributed by atoms with Crippen LogP contribution in [-0.2, 0) is 32.7 Å². The van der Waals surface area contributed by atoms with E-state index in [1.165, 1.54) is 0 Å². The maximum atomic E-state index is 3.36. The minimum absolute atomic E-state index is 0. The van der Waals surface area contributed by atoms with E-state index in [0.717, 1.165) is 0 Å². The van der Waals surface area contributed by atoms with E-state index in [-0.39, 0.29) is 32.7 Å². The van der Waals surface area contributed by atoms with Gasteiger partial charge in [0.05, 0.1) is 0 Å². The van der Waals surface area contributed by atoms with Crippen LogP contribution in [0.5, 0.6) is 0 Å². The fourth-order valence-corrected chi connectivity index (χ4v) is 0. The van der Waals surface area contributed by atoms with Crippen LogP contribution < -0.4 is 0 Å². The molecule has 0 amide bonds. The third kappa shape index (κ3) is 356. The van der Waals surface area contributed by atoms with Crippen molar-refractivity contribution in [3.05, 3.63) is 12.7 Å². The molecule has 0 aromatic heterocycles. The normalized spacial score (nSPS) is 2.17. The van der Waals surface area contributed by atoms with E-state index < -0.39 is 0 Å². The zero-order chi connectivity index (χ0) is 2.71. The molecule has 2 nitrogen and oxygen atoms in total. The van der Waals surface area contributed by atoms with Gasteiger partial charge in [0, 0.05) is 0 Å². The second-order valence-electron chi connectivity index (χ2n) is 0.408. The molecule has 0 fully saturated rings. The molecule has 6 heavy (non-hydrogen) atoms. The monoisotopic (exact) mass is 122 g/mol. The first-order chi connectivity index (χ1) is 1.41. The molecular weight excluding hydrogens is 116 g/mol. The fourth-order valence-electron chi connectivity index (χ4n) is 0. The maximum Gasteiger partial charge on any atom is 4.00 e. The van der Waals surface area contributed by atoms with Crippen molar-refractivity contribution in [1.29, 1.82) is 0 Å². The average Bonchev–Trinajstić information content (AvgIpc) is 0.918. The summed E-state index contributed by atoms with van der Waals surface area (Å²) in [6.07, 6.45) is 1.75. The Bertz CT molecular complexity index is 16.3. The van der Waals surface area contributed by atoms with Gasteiger partial charge in [-0.2, -0.15) is 0 Å². The summed E-state index contributed by atoms with van der Waals surface area (Å²) in [6.45, 7) is 5.25. The van der Waals surface area contributed by atoms with E-state index in [2.05, 4.69) is 6.58 Å². The van der Waals surface area contributed by atoms with Gasteiger partial charge in [-0.3, -0.25) is 0 Å². The van der Waals surface area contributed by atoms with Crippen molar-refractivity contribution >= 4 is 0 Å². The molecule has 0 saturated heterocycles. The molecule has 0 bridgehead atoms. The van der Waals surface area contributed by atoms with Crippen molar-refractivity contribution in [2.75, 3.05) is 0 Å². The van der Waals surface area contributed by atoms with Gasteiger partial charge in [-0.25, -0.2) is 0 Å². The molecule has 34 valence electrons. The SMILES string of the molecule is C=CC.[O-2].[O-2].[Ti+4]. The topological polar surface area (TPSA) is 57.0 Å². The maximum absolute atomic E-state index is 3.36. The second kappa shape index (κ2) is 54.4. The molecule has 0 atom stereocenters. The minimum Gasteiger partial charge on any atom is -2.00 e. The van der Waals surface area contributed by atoms with Crippen LogP contribution in [0.4, 0.5) is 0 Å². The van der Waals surface area contributed by atoms with E-state index in [9.17, 15) is 0 Å². The summed E-state index contributed by atoms with van der Waals surface area (Å²) in [5.41, 5.74) is 0. The minimum atomic E-state index is 0. The molecule has 0 aliphatic rings. The summed E-state index contributed by atoms with van der Waals surface area (Å²) in [7, 11) is 0. The summed E-state index contributed by atoms with van der Waals surface area (Å²) in [4.78, 5) is 0. The Hall–Kier alpha value is 0.374. The molecule has 0 radical (unpaired) electrons. The van der Waals surface area contributed by atoms with Gasteiger partial charge in [-0.05, 0) is 6.92 Å². The van der Waals surface area contributed by atoms with Crippen LogP contribution in [0.3, 0.4) is 0 Å². The van der Waals surface area contributed by atoms with Crippen LogP contribution >= 0.6 is 0 Å². The number of hydrogen-bond donors (Lipinski definition) is 0. The standard InChI is InChI=1S/C3H6.2O.Ti/c1-3-2;;;/h3H,1H2,2H3;;;/q;2*-2;+4. The Morgan fingerprint density at radius 1 is 1.33 bits per heavy atom. The van der Waals surface area contributed by atoms with Gasteiger partial charge in [0.25, 0.3) is 0 Å². The summed E-state index contributed by atoms with van der Waals surface area (Å²) >= 11 is 0. The van der Waals surface area contributed by atoms with E-state index in [0.29, 0.717) is 0 Å². The fraction of sp³-hybridized carbons (Fsp3) is 0.333. The molecule has 0 unspecified atom stereocenters. The van der Waals surface area contributed by atoms with Crippen LogP contribution in [0, 0.1) is 0 Å². The number of rotatable bonds is 0. The largest absolute Gasteiger partial charge is 4.00 e. The number of hydrogen-bond acceptors (Lipinski definition) is 0. The van der Waals surface area contributed by atoms with Gasteiger partial charge in [-0.15, -0.1) is 6.58 Å².